The van der Waals surface area contributed by atoms with Crippen molar-refractivity contribution in [3.05, 3.63) is 16.1 Å². The lowest BCUT2D eigenvalue weighted by atomic mass is 10.0. The van der Waals surface area contributed by atoms with Crippen LogP contribution in [0, 0.1) is 0 Å². The van der Waals surface area contributed by atoms with Gasteiger partial charge in [0.05, 0.1) is 17.3 Å². The van der Waals surface area contributed by atoms with E-state index >= 15 is 0 Å². The van der Waals surface area contributed by atoms with Crippen LogP contribution >= 0.6 is 11.3 Å². The molecule has 17 heavy (non-hydrogen) atoms. The molecule has 1 atom stereocenters. The molecule has 0 aromatic carbocycles. The fourth-order valence-corrected chi connectivity index (χ4v) is 3.32. The highest BCUT2D eigenvalue weighted by Crippen LogP contribution is 2.20. The van der Waals surface area contributed by atoms with Gasteiger partial charge in [0.15, 0.2) is 0 Å². The molecule has 1 fully saturated rings. The average molecular weight is 254 g/mol. The lowest BCUT2D eigenvalue weighted by Gasteiger charge is -2.33. The van der Waals surface area contributed by atoms with Crippen LogP contribution in [0.5, 0.6) is 0 Å². The van der Waals surface area contributed by atoms with Crippen molar-refractivity contribution in [2.75, 3.05) is 13.2 Å². The molecule has 4 heteroatoms. The predicted molar refractivity (Wildman–Crippen MR) is 71.2 cm³/mol. The monoisotopic (exact) mass is 254 g/mol. The van der Waals surface area contributed by atoms with Crippen LogP contribution < -0.4 is 0 Å². The molecule has 1 aliphatic rings. The van der Waals surface area contributed by atoms with E-state index < -0.39 is 0 Å². The number of aliphatic hydroxyl groups excluding tert-OH is 1. The molecular weight excluding hydrogens is 232 g/mol. The first-order valence-corrected chi connectivity index (χ1v) is 7.49. The molecule has 0 amide bonds. The quantitative estimate of drug-likeness (QED) is 0.877. The topological polar surface area (TPSA) is 36.4 Å². The number of aliphatic hydroxyl groups is 1. The molecule has 0 spiro atoms. The van der Waals surface area contributed by atoms with E-state index in [2.05, 4.69) is 22.2 Å². The maximum atomic E-state index is 9.37. The van der Waals surface area contributed by atoms with Crippen molar-refractivity contribution >= 4 is 11.3 Å². The van der Waals surface area contributed by atoms with Crippen LogP contribution in [0.4, 0.5) is 0 Å². The van der Waals surface area contributed by atoms with E-state index in [9.17, 15) is 5.11 Å². The number of rotatable bonds is 5. The summed E-state index contributed by atoms with van der Waals surface area (Å²) < 4.78 is 0. The third-order valence-electron chi connectivity index (χ3n) is 3.39. The van der Waals surface area contributed by atoms with Crippen molar-refractivity contribution in [1.29, 1.82) is 0 Å². The second-order valence-electron chi connectivity index (χ2n) is 4.79. The molecule has 0 saturated carbocycles. The van der Waals surface area contributed by atoms with Crippen molar-refractivity contribution in [2.24, 2.45) is 0 Å². The van der Waals surface area contributed by atoms with Gasteiger partial charge in [0.2, 0.25) is 0 Å². The van der Waals surface area contributed by atoms with Gasteiger partial charge in [-0.25, -0.2) is 4.98 Å². The second-order valence-corrected chi connectivity index (χ2v) is 5.73. The number of likely N-dealkylation sites (tertiary alicyclic amines) is 1. The van der Waals surface area contributed by atoms with Crippen LogP contribution in [-0.4, -0.2) is 34.2 Å². The predicted octanol–water partition coefficient (Wildman–Crippen LogP) is 2.44. The van der Waals surface area contributed by atoms with Crippen LogP contribution in [0.2, 0.25) is 0 Å². The number of nitrogens with zero attached hydrogens (tertiary/aromatic N) is 2. The van der Waals surface area contributed by atoms with Gasteiger partial charge in [-0.1, -0.05) is 13.3 Å². The van der Waals surface area contributed by atoms with Crippen LogP contribution in [-0.2, 0) is 13.0 Å². The van der Waals surface area contributed by atoms with Gasteiger partial charge in [0, 0.05) is 18.0 Å². The first-order valence-electron chi connectivity index (χ1n) is 6.61. The Labute approximate surface area is 107 Å². The minimum Gasteiger partial charge on any atom is -0.395 e. The third kappa shape index (κ3) is 3.50. The van der Waals surface area contributed by atoms with Crippen LogP contribution in [0.3, 0.4) is 0 Å². The minimum absolute atomic E-state index is 0.284. The van der Waals surface area contributed by atoms with Gasteiger partial charge in [0.25, 0.3) is 0 Å². The van der Waals surface area contributed by atoms with Crippen LogP contribution in [0.1, 0.15) is 43.3 Å². The zero-order valence-electron chi connectivity index (χ0n) is 10.6. The van der Waals surface area contributed by atoms with Gasteiger partial charge in [-0.2, -0.15) is 0 Å². The highest BCUT2D eigenvalue weighted by molar-refractivity contribution is 7.09. The Balaban J connectivity index is 1.93. The Kier molecular flexibility index (Phi) is 4.95. The Hall–Kier alpha value is -0.450. The molecule has 0 bridgehead atoms. The van der Waals surface area contributed by atoms with E-state index in [1.54, 1.807) is 11.3 Å². The van der Waals surface area contributed by atoms with Gasteiger partial charge >= 0.3 is 0 Å². The summed E-state index contributed by atoms with van der Waals surface area (Å²) in [6.45, 7) is 4.48. The van der Waals surface area contributed by atoms with Crippen LogP contribution in [0.25, 0.3) is 0 Å². The molecule has 3 nitrogen and oxygen atoms in total. The number of thiazole rings is 1. The van der Waals surface area contributed by atoms with E-state index in [4.69, 9.17) is 0 Å². The lowest BCUT2D eigenvalue weighted by Crippen LogP contribution is -2.41. The van der Waals surface area contributed by atoms with Gasteiger partial charge in [-0.15, -0.1) is 11.3 Å². The average Bonchev–Trinajstić information content (AvgIpc) is 2.78. The fourth-order valence-electron chi connectivity index (χ4n) is 2.43. The summed E-state index contributed by atoms with van der Waals surface area (Å²) >= 11 is 1.77. The molecule has 2 heterocycles. The number of piperidine rings is 1. The second kappa shape index (κ2) is 6.47. The maximum Gasteiger partial charge on any atom is 0.0928 e. The molecule has 1 saturated heterocycles. The van der Waals surface area contributed by atoms with E-state index in [0.717, 1.165) is 32.4 Å². The van der Waals surface area contributed by atoms with Crippen molar-refractivity contribution in [2.45, 2.75) is 51.6 Å². The summed E-state index contributed by atoms with van der Waals surface area (Å²) in [5.41, 5.74) is 1.18. The first-order chi connectivity index (χ1) is 8.33. The molecule has 96 valence electrons. The molecule has 1 unspecified atom stereocenters. The highest BCUT2D eigenvalue weighted by atomic mass is 32.1. The third-order valence-corrected chi connectivity index (χ3v) is 4.35. The molecule has 1 aliphatic heterocycles. The summed E-state index contributed by atoms with van der Waals surface area (Å²) in [6.07, 6.45) is 5.88. The van der Waals surface area contributed by atoms with Gasteiger partial charge in [0.1, 0.15) is 0 Å². The molecule has 1 aromatic rings. The van der Waals surface area contributed by atoms with Crippen molar-refractivity contribution < 1.29 is 5.11 Å². The van der Waals surface area contributed by atoms with Gasteiger partial charge in [-0.05, 0) is 32.2 Å². The summed E-state index contributed by atoms with van der Waals surface area (Å²) in [6, 6.07) is 0.347. The summed E-state index contributed by atoms with van der Waals surface area (Å²) in [5.74, 6) is 0. The molecular formula is C13H22N2OS. The zero-order valence-corrected chi connectivity index (χ0v) is 11.4. The zero-order chi connectivity index (χ0) is 12.1. The Bertz CT molecular complexity index is 340. The Morgan fingerprint density at radius 2 is 2.41 bits per heavy atom. The standard InChI is InChI=1S/C13H22N2OS/c1-2-5-13-14-11(10-17-13)8-15-7-4-3-6-12(15)9-16/h10,12,16H,2-9H2,1H3. The molecule has 2 rings (SSSR count). The molecule has 1 N–H and O–H groups in total. The smallest absolute Gasteiger partial charge is 0.0928 e. The minimum atomic E-state index is 0.284. The SMILES string of the molecule is CCCc1nc(CN2CCCCC2CO)cs1. The fraction of sp³-hybridized carbons (Fsp3) is 0.769. The number of hydrogen-bond acceptors (Lipinski definition) is 4. The number of hydrogen-bond donors (Lipinski definition) is 1. The number of aryl methyl sites for hydroxylation is 1. The summed E-state index contributed by atoms with van der Waals surface area (Å²) in [5, 5.41) is 12.8. The normalized spacial score (nSPS) is 21.9. The summed E-state index contributed by atoms with van der Waals surface area (Å²) in [7, 11) is 0. The van der Waals surface area contributed by atoms with Gasteiger partial charge < -0.3 is 5.11 Å². The van der Waals surface area contributed by atoms with Gasteiger partial charge in [-0.3, -0.25) is 4.90 Å². The van der Waals surface area contributed by atoms with E-state index in [1.165, 1.54) is 23.5 Å². The molecule has 1 aromatic heterocycles. The maximum absolute atomic E-state index is 9.37. The largest absolute Gasteiger partial charge is 0.395 e. The lowest BCUT2D eigenvalue weighted by molar-refractivity contribution is 0.0832. The van der Waals surface area contributed by atoms with Crippen molar-refractivity contribution in [3.63, 3.8) is 0 Å². The highest BCUT2D eigenvalue weighted by Gasteiger charge is 2.22. The molecule has 0 aliphatic carbocycles. The Morgan fingerprint density at radius 1 is 1.53 bits per heavy atom. The first kappa shape index (κ1) is 13.0. The molecule has 0 radical (unpaired) electrons. The van der Waals surface area contributed by atoms with Crippen molar-refractivity contribution in [1.82, 2.24) is 9.88 Å². The van der Waals surface area contributed by atoms with Crippen LogP contribution in [0.15, 0.2) is 5.38 Å². The van der Waals surface area contributed by atoms with Crippen molar-refractivity contribution in [3.8, 4) is 0 Å². The van der Waals surface area contributed by atoms with E-state index in [-0.39, 0.29) is 6.61 Å². The van der Waals surface area contributed by atoms with E-state index in [1.807, 2.05) is 0 Å². The van der Waals surface area contributed by atoms with E-state index in [0.29, 0.717) is 6.04 Å². The summed E-state index contributed by atoms with van der Waals surface area (Å²) in [4.78, 5) is 7.04. The Morgan fingerprint density at radius 3 is 3.18 bits per heavy atom. The number of aromatic nitrogens is 1.